The van der Waals surface area contributed by atoms with E-state index in [4.69, 9.17) is 11.6 Å². The Labute approximate surface area is 94.0 Å². The molecule has 0 aliphatic carbocycles. The summed E-state index contributed by atoms with van der Waals surface area (Å²) in [6.07, 6.45) is 0. The summed E-state index contributed by atoms with van der Waals surface area (Å²) in [5.41, 5.74) is 4.05. The average Bonchev–Trinajstić information content (AvgIpc) is 2.16. The molecule has 1 aromatic carbocycles. The van der Waals surface area contributed by atoms with Crippen LogP contribution in [0.5, 0.6) is 0 Å². The van der Waals surface area contributed by atoms with Gasteiger partial charge in [-0.2, -0.15) is 0 Å². The van der Waals surface area contributed by atoms with Gasteiger partial charge in [0.05, 0.1) is 5.69 Å². The standard InChI is InChI=1S/C12H11ClN2/c1-8-5-3-4-6-10(8)11-7-9(2)14-12(13)15-11/h3-7H,1-2H3. The molecule has 0 spiro atoms. The van der Waals surface area contributed by atoms with Crippen molar-refractivity contribution in [2.24, 2.45) is 0 Å². The molecule has 1 aromatic heterocycles. The summed E-state index contributed by atoms with van der Waals surface area (Å²) in [4.78, 5) is 8.26. The monoisotopic (exact) mass is 218 g/mol. The highest BCUT2D eigenvalue weighted by Crippen LogP contribution is 2.22. The van der Waals surface area contributed by atoms with Gasteiger partial charge >= 0.3 is 0 Å². The number of aromatic nitrogens is 2. The minimum Gasteiger partial charge on any atom is -0.223 e. The van der Waals surface area contributed by atoms with E-state index < -0.39 is 0 Å². The van der Waals surface area contributed by atoms with Crippen LogP contribution in [0.25, 0.3) is 11.3 Å². The topological polar surface area (TPSA) is 25.8 Å². The van der Waals surface area contributed by atoms with Gasteiger partial charge in [0, 0.05) is 11.3 Å². The molecule has 1 heterocycles. The van der Waals surface area contributed by atoms with Crippen molar-refractivity contribution in [1.29, 1.82) is 0 Å². The third-order valence-corrected chi connectivity index (χ3v) is 2.42. The number of rotatable bonds is 1. The lowest BCUT2D eigenvalue weighted by molar-refractivity contribution is 1.10. The van der Waals surface area contributed by atoms with Crippen LogP contribution in [0.3, 0.4) is 0 Å². The summed E-state index contributed by atoms with van der Waals surface area (Å²) in [6, 6.07) is 10.0. The van der Waals surface area contributed by atoms with Crippen molar-refractivity contribution in [3.63, 3.8) is 0 Å². The first kappa shape index (κ1) is 10.1. The van der Waals surface area contributed by atoms with Gasteiger partial charge in [0.25, 0.3) is 0 Å². The quantitative estimate of drug-likeness (QED) is 0.686. The lowest BCUT2D eigenvalue weighted by Gasteiger charge is -2.05. The van der Waals surface area contributed by atoms with E-state index >= 15 is 0 Å². The minimum absolute atomic E-state index is 0.299. The maximum Gasteiger partial charge on any atom is 0.223 e. The van der Waals surface area contributed by atoms with Gasteiger partial charge in [0.2, 0.25) is 5.28 Å². The molecule has 15 heavy (non-hydrogen) atoms. The molecule has 0 saturated heterocycles. The Hall–Kier alpha value is -1.41. The smallest absolute Gasteiger partial charge is 0.223 e. The van der Waals surface area contributed by atoms with Crippen molar-refractivity contribution in [2.75, 3.05) is 0 Å². The summed E-state index contributed by atoms with van der Waals surface area (Å²) in [7, 11) is 0. The van der Waals surface area contributed by atoms with Gasteiger partial charge in [0.15, 0.2) is 0 Å². The second kappa shape index (κ2) is 3.99. The molecule has 0 aliphatic heterocycles. The van der Waals surface area contributed by atoms with Crippen LogP contribution >= 0.6 is 11.6 Å². The molecule has 0 atom stereocenters. The molecule has 2 aromatic rings. The van der Waals surface area contributed by atoms with E-state index in [0.29, 0.717) is 5.28 Å². The van der Waals surface area contributed by atoms with Crippen molar-refractivity contribution in [3.8, 4) is 11.3 Å². The first-order chi connectivity index (χ1) is 7.16. The van der Waals surface area contributed by atoms with Crippen LogP contribution in [0.4, 0.5) is 0 Å². The maximum absolute atomic E-state index is 5.83. The summed E-state index contributed by atoms with van der Waals surface area (Å²) < 4.78 is 0. The highest BCUT2D eigenvalue weighted by atomic mass is 35.5. The number of aryl methyl sites for hydroxylation is 2. The van der Waals surface area contributed by atoms with Gasteiger partial charge in [-0.15, -0.1) is 0 Å². The van der Waals surface area contributed by atoms with E-state index in [1.165, 1.54) is 5.56 Å². The van der Waals surface area contributed by atoms with Gasteiger partial charge in [-0.25, -0.2) is 9.97 Å². The number of benzene rings is 1. The van der Waals surface area contributed by atoms with E-state index in [9.17, 15) is 0 Å². The number of hydrogen-bond acceptors (Lipinski definition) is 2. The van der Waals surface area contributed by atoms with Gasteiger partial charge in [0.1, 0.15) is 0 Å². The Bertz CT molecular complexity index is 474. The third-order valence-electron chi connectivity index (χ3n) is 2.25. The van der Waals surface area contributed by atoms with Crippen LogP contribution in [0.2, 0.25) is 5.28 Å². The molecule has 0 bridgehead atoms. The third kappa shape index (κ3) is 2.16. The molecule has 3 heteroatoms. The Morgan fingerprint density at radius 3 is 2.47 bits per heavy atom. The molecule has 0 aliphatic rings. The van der Waals surface area contributed by atoms with Crippen LogP contribution in [0.1, 0.15) is 11.3 Å². The van der Waals surface area contributed by atoms with E-state index in [-0.39, 0.29) is 0 Å². The number of halogens is 1. The molecule has 76 valence electrons. The molecule has 0 N–H and O–H groups in total. The summed E-state index contributed by atoms with van der Waals surface area (Å²) >= 11 is 5.83. The largest absolute Gasteiger partial charge is 0.223 e. The fraction of sp³-hybridized carbons (Fsp3) is 0.167. The molecule has 0 unspecified atom stereocenters. The zero-order valence-corrected chi connectivity index (χ0v) is 9.42. The summed E-state index contributed by atoms with van der Waals surface area (Å²) in [5.74, 6) is 0. The molecule has 0 saturated carbocycles. The van der Waals surface area contributed by atoms with Crippen LogP contribution in [-0.4, -0.2) is 9.97 Å². The number of nitrogens with zero attached hydrogens (tertiary/aromatic N) is 2. The molecule has 0 amide bonds. The SMILES string of the molecule is Cc1cc(-c2ccccc2C)nc(Cl)n1. The van der Waals surface area contributed by atoms with E-state index in [1.807, 2.05) is 31.2 Å². The van der Waals surface area contributed by atoms with Crippen molar-refractivity contribution in [2.45, 2.75) is 13.8 Å². The molecule has 2 rings (SSSR count). The fourth-order valence-electron chi connectivity index (χ4n) is 1.53. The molecule has 0 radical (unpaired) electrons. The number of hydrogen-bond donors (Lipinski definition) is 0. The lowest BCUT2D eigenvalue weighted by atomic mass is 10.1. The molecular weight excluding hydrogens is 208 g/mol. The normalized spacial score (nSPS) is 10.3. The van der Waals surface area contributed by atoms with Crippen LogP contribution in [0.15, 0.2) is 30.3 Å². The Kier molecular flexibility index (Phi) is 2.69. The van der Waals surface area contributed by atoms with E-state index in [1.54, 1.807) is 0 Å². The zero-order chi connectivity index (χ0) is 10.8. The zero-order valence-electron chi connectivity index (χ0n) is 8.66. The van der Waals surface area contributed by atoms with Crippen LogP contribution in [-0.2, 0) is 0 Å². The van der Waals surface area contributed by atoms with E-state index in [2.05, 4.69) is 23.0 Å². The van der Waals surface area contributed by atoms with Crippen molar-refractivity contribution in [3.05, 3.63) is 46.9 Å². The average molecular weight is 219 g/mol. The first-order valence-corrected chi connectivity index (χ1v) is 5.12. The van der Waals surface area contributed by atoms with Crippen molar-refractivity contribution in [1.82, 2.24) is 9.97 Å². The Morgan fingerprint density at radius 2 is 1.80 bits per heavy atom. The Morgan fingerprint density at radius 1 is 1.07 bits per heavy atom. The second-order valence-electron chi connectivity index (χ2n) is 3.48. The summed E-state index contributed by atoms with van der Waals surface area (Å²) in [5, 5.41) is 0.299. The lowest BCUT2D eigenvalue weighted by Crippen LogP contribution is -1.92. The highest BCUT2D eigenvalue weighted by Gasteiger charge is 2.04. The van der Waals surface area contributed by atoms with E-state index in [0.717, 1.165) is 17.0 Å². The molecular formula is C12H11ClN2. The predicted molar refractivity (Wildman–Crippen MR) is 62.0 cm³/mol. The molecule has 0 fully saturated rings. The summed E-state index contributed by atoms with van der Waals surface area (Å²) in [6.45, 7) is 3.97. The van der Waals surface area contributed by atoms with Crippen LogP contribution < -0.4 is 0 Å². The minimum atomic E-state index is 0.299. The van der Waals surface area contributed by atoms with Gasteiger partial charge < -0.3 is 0 Å². The Balaban J connectivity index is 2.59. The highest BCUT2D eigenvalue weighted by molar-refractivity contribution is 6.28. The van der Waals surface area contributed by atoms with Gasteiger partial charge in [-0.05, 0) is 37.1 Å². The van der Waals surface area contributed by atoms with Crippen LogP contribution in [0, 0.1) is 13.8 Å². The van der Waals surface area contributed by atoms with Crippen molar-refractivity contribution < 1.29 is 0 Å². The first-order valence-electron chi connectivity index (χ1n) is 4.74. The van der Waals surface area contributed by atoms with Gasteiger partial charge in [-0.1, -0.05) is 24.3 Å². The van der Waals surface area contributed by atoms with Crippen molar-refractivity contribution >= 4 is 11.6 Å². The fourth-order valence-corrected chi connectivity index (χ4v) is 1.75. The van der Waals surface area contributed by atoms with Gasteiger partial charge in [-0.3, -0.25) is 0 Å². The molecule has 2 nitrogen and oxygen atoms in total. The second-order valence-corrected chi connectivity index (χ2v) is 3.82. The maximum atomic E-state index is 5.83. The predicted octanol–water partition coefficient (Wildman–Crippen LogP) is 3.41.